The van der Waals surface area contributed by atoms with E-state index in [9.17, 15) is 4.79 Å². The summed E-state index contributed by atoms with van der Waals surface area (Å²) in [5, 5.41) is 6.18. The van der Waals surface area contributed by atoms with Crippen LogP contribution in [0.4, 0.5) is 0 Å². The molecule has 24 heavy (non-hydrogen) atoms. The molecule has 1 aromatic carbocycles. The van der Waals surface area contributed by atoms with Gasteiger partial charge in [0, 0.05) is 41.1 Å². The van der Waals surface area contributed by atoms with Crippen molar-refractivity contribution in [3.05, 3.63) is 35.2 Å². The molecule has 3 rings (SSSR count). The Hall–Kier alpha value is -1.43. The maximum absolute atomic E-state index is 12.6. The van der Waals surface area contributed by atoms with E-state index < -0.39 is 0 Å². The van der Waals surface area contributed by atoms with Crippen molar-refractivity contribution in [1.29, 1.82) is 0 Å². The van der Waals surface area contributed by atoms with E-state index in [1.54, 1.807) is 11.3 Å². The van der Waals surface area contributed by atoms with Gasteiger partial charge in [0.2, 0.25) is 0 Å². The third-order valence-electron chi connectivity index (χ3n) is 4.53. The number of morpholine rings is 1. The lowest BCUT2D eigenvalue weighted by molar-refractivity contribution is 0.0124. The Morgan fingerprint density at radius 3 is 2.79 bits per heavy atom. The summed E-state index contributed by atoms with van der Waals surface area (Å²) < 4.78 is 6.62. The van der Waals surface area contributed by atoms with Gasteiger partial charge in [-0.05, 0) is 18.4 Å². The van der Waals surface area contributed by atoms with E-state index in [2.05, 4.69) is 30.1 Å². The number of carbonyl (C=O) groups excluding carboxylic acids is 1. The van der Waals surface area contributed by atoms with E-state index in [4.69, 9.17) is 4.74 Å². The Kier molecular flexibility index (Phi) is 5.87. The lowest BCUT2D eigenvalue weighted by atomic mass is 10.0. The molecule has 1 amide bonds. The quantitative estimate of drug-likeness (QED) is 0.872. The zero-order chi connectivity index (χ0) is 16.9. The van der Waals surface area contributed by atoms with E-state index in [1.165, 1.54) is 0 Å². The van der Waals surface area contributed by atoms with Crippen LogP contribution in [-0.2, 0) is 4.74 Å². The molecule has 130 valence electrons. The second-order valence-electron chi connectivity index (χ2n) is 6.79. The molecule has 1 fully saturated rings. The average Bonchev–Trinajstić information content (AvgIpc) is 3.03. The molecule has 0 radical (unpaired) electrons. The fourth-order valence-corrected chi connectivity index (χ4v) is 4.25. The number of rotatable bonds is 6. The van der Waals surface area contributed by atoms with Crippen LogP contribution in [0, 0.1) is 5.92 Å². The lowest BCUT2D eigenvalue weighted by Gasteiger charge is -2.35. The van der Waals surface area contributed by atoms with Crippen molar-refractivity contribution in [2.45, 2.75) is 26.3 Å². The van der Waals surface area contributed by atoms with Crippen molar-refractivity contribution < 1.29 is 9.53 Å². The molecule has 1 aliphatic rings. The molecule has 0 spiro atoms. The summed E-state index contributed by atoms with van der Waals surface area (Å²) in [5.74, 6) is 0.645. The van der Waals surface area contributed by atoms with Crippen molar-refractivity contribution >= 4 is 27.3 Å². The summed E-state index contributed by atoms with van der Waals surface area (Å²) in [6.07, 6.45) is 1.09. The van der Waals surface area contributed by atoms with Gasteiger partial charge >= 0.3 is 0 Å². The molecule has 0 aliphatic carbocycles. The molecule has 0 bridgehead atoms. The maximum atomic E-state index is 12.6. The highest BCUT2D eigenvalue weighted by atomic mass is 32.1. The first-order chi connectivity index (χ1) is 11.6. The number of carbonyl (C=O) groups is 1. The lowest BCUT2D eigenvalue weighted by Crippen LogP contribution is -2.49. The van der Waals surface area contributed by atoms with E-state index in [1.807, 2.05) is 23.6 Å². The first-order valence-electron chi connectivity index (χ1n) is 8.71. The van der Waals surface area contributed by atoms with Crippen LogP contribution in [-0.4, -0.2) is 49.7 Å². The minimum Gasteiger partial charge on any atom is -0.379 e. The maximum Gasteiger partial charge on any atom is 0.252 e. The third kappa shape index (κ3) is 4.15. The minimum atomic E-state index is 0.0365. The van der Waals surface area contributed by atoms with Gasteiger partial charge in [-0.25, -0.2) is 0 Å². The molecule has 1 atom stereocenters. The standard InChI is InChI=1S/C19H26N2O2S/c1-14(2)11-15(21-7-9-23-10-8-21)12-20-19(22)17-13-24-18-6-4-3-5-16(17)18/h3-6,13-15H,7-12H2,1-2H3,(H,20,22)/t15-/m1/s1. The van der Waals surface area contributed by atoms with Crippen molar-refractivity contribution in [3.8, 4) is 0 Å². The second-order valence-corrected chi connectivity index (χ2v) is 7.70. The number of thiophene rings is 1. The molecule has 2 heterocycles. The highest BCUT2D eigenvalue weighted by molar-refractivity contribution is 7.17. The number of nitrogens with one attached hydrogen (secondary N) is 1. The van der Waals surface area contributed by atoms with Crippen molar-refractivity contribution in [1.82, 2.24) is 10.2 Å². The van der Waals surface area contributed by atoms with Crippen LogP contribution < -0.4 is 5.32 Å². The van der Waals surface area contributed by atoms with Crippen molar-refractivity contribution in [3.63, 3.8) is 0 Å². The zero-order valence-corrected chi connectivity index (χ0v) is 15.3. The van der Waals surface area contributed by atoms with Crippen LogP contribution in [0.3, 0.4) is 0 Å². The van der Waals surface area contributed by atoms with E-state index in [0.717, 1.165) is 48.4 Å². The first kappa shape index (κ1) is 17.4. The number of hydrogen-bond acceptors (Lipinski definition) is 4. The van der Waals surface area contributed by atoms with Crippen LogP contribution in [0.5, 0.6) is 0 Å². The zero-order valence-electron chi connectivity index (χ0n) is 14.5. The normalized spacial score (nSPS) is 17.3. The van der Waals surface area contributed by atoms with Crippen LogP contribution in [0.15, 0.2) is 29.6 Å². The molecule has 1 aliphatic heterocycles. The summed E-state index contributed by atoms with van der Waals surface area (Å²) in [6.45, 7) is 8.66. The predicted octanol–water partition coefficient (Wildman–Crippen LogP) is 3.38. The fraction of sp³-hybridized carbons (Fsp3) is 0.526. The van der Waals surface area contributed by atoms with Gasteiger partial charge in [-0.15, -0.1) is 11.3 Å². The van der Waals surface area contributed by atoms with Gasteiger partial charge in [-0.1, -0.05) is 32.0 Å². The summed E-state index contributed by atoms with van der Waals surface area (Å²) in [4.78, 5) is 15.1. The Labute approximate surface area is 147 Å². The number of amides is 1. The summed E-state index contributed by atoms with van der Waals surface area (Å²) >= 11 is 1.63. The Balaban J connectivity index is 1.65. The molecule has 1 saturated heterocycles. The van der Waals surface area contributed by atoms with E-state index in [-0.39, 0.29) is 5.91 Å². The Bertz CT molecular complexity index is 677. The molecular weight excluding hydrogens is 320 g/mol. The Morgan fingerprint density at radius 1 is 1.29 bits per heavy atom. The van der Waals surface area contributed by atoms with Gasteiger partial charge in [-0.2, -0.15) is 0 Å². The van der Waals surface area contributed by atoms with E-state index >= 15 is 0 Å². The average molecular weight is 346 g/mol. The first-order valence-corrected chi connectivity index (χ1v) is 9.59. The van der Waals surface area contributed by atoms with Crippen LogP contribution >= 0.6 is 11.3 Å². The van der Waals surface area contributed by atoms with Gasteiger partial charge in [0.05, 0.1) is 18.8 Å². The number of hydrogen-bond donors (Lipinski definition) is 1. The van der Waals surface area contributed by atoms with E-state index in [0.29, 0.717) is 18.5 Å². The number of ether oxygens (including phenoxy) is 1. The molecule has 4 nitrogen and oxygen atoms in total. The molecule has 5 heteroatoms. The SMILES string of the molecule is CC(C)C[C@H](CNC(=O)c1csc2ccccc12)N1CCOCC1. The van der Waals surface area contributed by atoms with Crippen molar-refractivity contribution in [2.24, 2.45) is 5.92 Å². The van der Waals surface area contributed by atoms with Crippen molar-refractivity contribution in [2.75, 3.05) is 32.8 Å². The third-order valence-corrected chi connectivity index (χ3v) is 5.49. The molecule has 1 aromatic heterocycles. The van der Waals surface area contributed by atoms with Gasteiger partial charge in [0.1, 0.15) is 0 Å². The fourth-order valence-electron chi connectivity index (χ4n) is 3.31. The largest absolute Gasteiger partial charge is 0.379 e. The van der Waals surface area contributed by atoms with Crippen LogP contribution in [0.1, 0.15) is 30.6 Å². The smallest absolute Gasteiger partial charge is 0.252 e. The van der Waals surface area contributed by atoms with Crippen LogP contribution in [0.25, 0.3) is 10.1 Å². The second kappa shape index (κ2) is 8.10. The topological polar surface area (TPSA) is 41.6 Å². The molecule has 0 saturated carbocycles. The Morgan fingerprint density at radius 2 is 2.04 bits per heavy atom. The number of nitrogens with zero attached hydrogens (tertiary/aromatic N) is 1. The van der Waals surface area contributed by atoms with Crippen LogP contribution in [0.2, 0.25) is 0 Å². The molecule has 2 aromatic rings. The molecule has 0 unspecified atom stereocenters. The summed E-state index contributed by atoms with van der Waals surface area (Å²) in [6, 6.07) is 8.46. The molecule has 1 N–H and O–H groups in total. The number of benzene rings is 1. The highest BCUT2D eigenvalue weighted by Gasteiger charge is 2.23. The van der Waals surface area contributed by atoms with Gasteiger partial charge < -0.3 is 10.1 Å². The number of fused-ring (bicyclic) bond motifs is 1. The predicted molar refractivity (Wildman–Crippen MR) is 99.8 cm³/mol. The van der Waals surface area contributed by atoms with Gasteiger partial charge in [-0.3, -0.25) is 9.69 Å². The molecular formula is C19H26N2O2S. The highest BCUT2D eigenvalue weighted by Crippen LogP contribution is 2.25. The summed E-state index contributed by atoms with van der Waals surface area (Å²) in [7, 11) is 0. The van der Waals surface area contributed by atoms with Gasteiger partial charge in [0.25, 0.3) is 5.91 Å². The summed E-state index contributed by atoms with van der Waals surface area (Å²) in [5.41, 5.74) is 0.792. The minimum absolute atomic E-state index is 0.0365. The monoisotopic (exact) mass is 346 g/mol. The van der Waals surface area contributed by atoms with Gasteiger partial charge in [0.15, 0.2) is 0 Å².